The van der Waals surface area contributed by atoms with Crippen molar-refractivity contribution < 1.29 is 20.1 Å². The second kappa shape index (κ2) is 4.84. The first-order chi connectivity index (χ1) is 8.58. The number of hydrogen-bond acceptors (Lipinski definition) is 7. The van der Waals surface area contributed by atoms with Gasteiger partial charge in [-0.25, -0.2) is 4.79 Å². The average Bonchev–Trinajstić information content (AvgIpc) is 2.66. The van der Waals surface area contributed by atoms with E-state index >= 15 is 0 Å². The molecule has 1 aromatic rings. The Kier molecular flexibility index (Phi) is 3.41. The van der Waals surface area contributed by atoms with Gasteiger partial charge in [0, 0.05) is 0 Å². The molecule has 3 N–H and O–H groups in total. The second-order valence-corrected chi connectivity index (χ2v) is 3.86. The van der Waals surface area contributed by atoms with Crippen LogP contribution in [0.15, 0.2) is 22.8 Å². The Hall–Kier alpha value is -1.77. The van der Waals surface area contributed by atoms with E-state index in [0.717, 1.165) is 4.57 Å². The van der Waals surface area contributed by atoms with Gasteiger partial charge in [0.2, 0.25) is 0 Å². The molecule has 0 amide bonds. The van der Waals surface area contributed by atoms with Crippen molar-refractivity contribution in [2.75, 3.05) is 13.7 Å². The van der Waals surface area contributed by atoms with Crippen LogP contribution in [0.2, 0.25) is 0 Å². The second-order valence-electron chi connectivity index (χ2n) is 3.86. The van der Waals surface area contributed by atoms with Gasteiger partial charge in [-0.1, -0.05) is 6.08 Å². The molecule has 0 saturated heterocycles. The molecule has 3 atom stereocenters. The van der Waals surface area contributed by atoms with Crippen LogP contribution in [0.25, 0.3) is 0 Å². The third-order valence-corrected chi connectivity index (χ3v) is 2.83. The zero-order valence-corrected chi connectivity index (χ0v) is 9.59. The van der Waals surface area contributed by atoms with Crippen molar-refractivity contribution in [3.63, 3.8) is 0 Å². The van der Waals surface area contributed by atoms with Crippen LogP contribution < -0.4 is 10.4 Å². The fourth-order valence-electron chi connectivity index (χ4n) is 1.85. The molecule has 0 fully saturated rings. The van der Waals surface area contributed by atoms with E-state index in [1.165, 1.54) is 19.5 Å². The summed E-state index contributed by atoms with van der Waals surface area (Å²) in [5.41, 5.74) is -0.399. The number of rotatable bonds is 3. The Morgan fingerprint density at radius 3 is 2.72 bits per heavy atom. The number of hydrogen-bond donors (Lipinski definition) is 3. The van der Waals surface area contributed by atoms with Crippen LogP contribution >= 0.6 is 0 Å². The first-order valence-electron chi connectivity index (χ1n) is 5.25. The normalized spacial score (nSPS) is 27.1. The van der Waals surface area contributed by atoms with Crippen molar-refractivity contribution in [1.82, 2.24) is 14.5 Å². The van der Waals surface area contributed by atoms with Crippen LogP contribution in [-0.2, 0) is 0 Å². The maximum absolute atomic E-state index is 11.7. The van der Waals surface area contributed by atoms with E-state index in [0.29, 0.717) is 0 Å². The number of aromatic nitrogens is 3. The zero-order valence-electron chi connectivity index (χ0n) is 9.59. The summed E-state index contributed by atoms with van der Waals surface area (Å²) in [6, 6.07) is -0.879. The predicted molar refractivity (Wildman–Crippen MR) is 59.1 cm³/mol. The third-order valence-electron chi connectivity index (χ3n) is 2.83. The Morgan fingerprint density at radius 1 is 1.50 bits per heavy atom. The summed E-state index contributed by atoms with van der Waals surface area (Å²) >= 11 is 0. The van der Waals surface area contributed by atoms with Crippen LogP contribution in [-0.4, -0.2) is 55.8 Å². The van der Waals surface area contributed by atoms with E-state index in [2.05, 4.69) is 9.97 Å². The van der Waals surface area contributed by atoms with Gasteiger partial charge in [0.05, 0.1) is 19.8 Å². The fraction of sp³-hybridized carbons (Fsp3) is 0.500. The van der Waals surface area contributed by atoms with Gasteiger partial charge in [-0.3, -0.25) is 4.57 Å². The van der Waals surface area contributed by atoms with Crippen LogP contribution in [0.4, 0.5) is 0 Å². The maximum atomic E-state index is 11.7. The molecule has 1 heterocycles. The minimum Gasteiger partial charge on any atom is -0.467 e. The molecular formula is C10H13N3O5. The molecule has 1 aliphatic rings. The van der Waals surface area contributed by atoms with Crippen molar-refractivity contribution in [3.05, 3.63) is 28.5 Å². The number of aliphatic hydroxyl groups excluding tert-OH is 3. The van der Waals surface area contributed by atoms with E-state index in [1.807, 2.05) is 0 Å². The molecule has 18 heavy (non-hydrogen) atoms. The van der Waals surface area contributed by atoms with E-state index in [-0.39, 0.29) is 18.2 Å². The van der Waals surface area contributed by atoms with Gasteiger partial charge in [0.15, 0.2) is 0 Å². The van der Waals surface area contributed by atoms with E-state index in [9.17, 15) is 15.0 Å². The lowest BCUT2D eigenvalue weighted by Gasteiger charge is -2.18. The highest BCUT2D eigenvalue weighted by Crippen LogP contribution is 2.27. The van der Waals surface area contributed by atoms with E-state index in [4.69, 9.17) is 9.84 Å². The molecule has 0 aliphatic heterocycles. The van der Waals surface area contributed by atoms with Gasteiger partial charge < -0.3 is 20.1 Å². The highest BCUT2D eigenvalue weighted by molar-refractivity contribution is 5.23. The largest absolute Gasteiger partial charge is 0.467 e. The molecule has 0 spiro atoms. The summed E-state index contributed by atoms with van der Waals surface area (Å²) in [7, 11) is 1.33. The summed E-state index contributed by atoms with van der Waals surface area (Å²) in [6.07, 6.45) is 0.175. The standard InChI is InChI=1S/C10H13N3O5/c1-18-9-11-4-13(10(17)12-9)6-2-5(3-14)7(15)8(6)16/h2,4,6-8,14-16H,3H2,1H3/t6?,7-,8+/m1/s1. The Labute approximate surface area is 102 Å². The molecule has 0 bridgehead atoms. The predicted octanol–water partition coefficient (Wildman–Crippen LogP) is -2.16. The van der Waals surface area contributed by atoms with Gasteiger partial charge in [0.1, 0.15) is 18.5 Å². The lowest BCUT2D eigenvalue weighted by molar-refractivity contribution is 0.0268. The van der Waals surface area contributed by atoms with Gasteiger partial charge in [0.25, 0.3) is 0 Å². The third kappa shape index (κ3) is 2.01. The van der Waals surface area contributed by atoms with Crippen molar-refractivity contribution in [3.8, 4) is 6.01 Å². The van der Waals surface area contributed by atoms with Crippen molar-refractivity contribution in [1.29, 1.82) is 0 Å². The molecule has 0 saturated carbocycles. The number of aliphatic hydroxyl groups is 3. The number of methoxy groups -OCH3 is 1. The van der Waals surface area contributed by atoms with Gasteiger partial charge in [-0.05, 0) is 5.57 Å². The Balaban J connectivity index is 2.38. The van der Waals surface area contributed by atoms with E-state index < -0.39 is 23.9 Å². The molecule has 1 aromatic heterocycles. The molecule has 1 unspecified atom stereocenters. The molecule has 0 aromatic carbocycles. The maximum Gasteiger partial charge on any atom is 0.354 e. The Bertz CT molecular complexity index is 526. The number of ether oxygens (including phenoxy) is 1. The first kappa shape index (κ1) is 12.7. The molecule has 98 valence electrons. The van der Waals surface area contributed by atoms with Crippen LogP contribution in [0.1, 0.15) is 6.04 Å². The molecular weight excluding hydrogens is 242 g/mol. The summed E-state index contributed by atoms with van der Waals surface area (Å²) < 4.78 is 5.77. The SMILES string of the molecule is COc1ncn(C2C=C(CO)[C@@H](O)[C@H]2O)c(=O)n1. The first-order valence-corrected chi connectivity index (χ1v) is 5.25. The lowest BCUT2D eigenvalue weighted by atomic mass is 10.1. The minimum absolute atomic E-state index is 0.0735. The molecule has 1 aliphatic carbocycles. The Morgan fingerprint density at radius 2 is 2.22 bits per heavy atom. The van der Waals surface area contributed by atoms with Gasteiger partial charge in [-0.2, -0.15) is 4.98 Å². The highest BCUT2D eigenvalue weighted by atomic mass is 16.5. The van der Waals surface area contributed by atoms with Crippen molar-refractivity contribution >= 4 is 0 Å². The molecule has 2 rings (SSSR count). The lowest BCUT2D eigenvalue weighted by Crippen LogP contribution is -2.35. The van der Waals surface area contributed by atoms with Gasteiger partial charge in [-0.15, -0.1) is 4.98 Å². The molecule has 0 radical (unpaired) electrons. The van der Waals surface area contributed by atoms with Crippen LogP contribution in [0.5, 0.6) is 6.01 Å². The highest BCUT2D eigenvalue weighted by Gasteiger charge is 2.36. The summed E-state index contributed by atoms with van der Waals surface area (Å²) in [6.45, 7) is -0.388. The van der Waals surface area contributed by atoms with Crippen molar-refractivity contribution in [2.45, 2.75) is 18.2 Å². The summed E-state index contributed by atoms with van der Waals surface area (Å²) in [5, 5.41) is 28.4. The smallest absolute Gasteiger partial charge is 0.354 e. The molecule has 8 heteroatoms. The monoisotopic (exact) mass is 255 g/mol. The number of nitrogens with zero attached hydrogens (tertiary/aromatic N) is 3. The average molecular weight is 255 g/mol. The van der Waals surface area contributed by atoms with Gasteiger partial charge >= 0.3 is 11.7 Å². The topological polar surface area (TPSA) is 118 Å². The quantitative estimate of drug-likeness (QED) is 0.526. The van der Waals surface area contributed by atoms with Crippen LogP contribution in [0.3, 0.4) is 0 Å². The van der Waals surface area contributed by atoms with E-state index in [1.54, 1.807) is 0 Å². The minimum atomic E-state index is -1.22. The molecule has 8 nitrogen and oxygen atoms in total. The van der Waals surface area contributed by atoms with Crippen molar-refractivity contribution in [2.24, 2.45) is 0 Å². The fourth-order valence-corrected chi connectivity index (χ4v) is 1.85. The summed E-state index contributed by atoms with van der Waals surface area (Å²) in [5.74, 6) is 0. The van der Waals surface area contributed by atoms with Crippen LogP contribution in [0, 0.1) is 0 Å². The summed E-state index contributed by atoms with van der Waals surface area (Å²) in [4.78, 5) is 19.0. The zero-order chi connectivity index (χ0) is 13.3.